The maximum absolute atomic E-state index is 5.41. The average Bonchev–Trinajstić information content (AvgIpc) is 1.12. The number of nitrogens with zero attached hydrogens (tertiary/aromatic N) is 6. The van der Waals surface area contributed by atoms with Crippen molar-refractivity contribution in [3.63, 3.8) is 0 Å². The van der Waals surface area contributed by atoms with Gasteiger partial charge in [0.2, 0.25) is 0 Å². The summed E-state index contributed by atoms with van der Waals surface area (Å²) in [6, 6.07) is 110. The van der Waals surface area contributed by atoms with Crippen LogP contribution >= 0.6 is 0 Å². The second-order valence-corrected chi connectivity index (χ2v) is 29.7. The van der Waals surface area contributed by atoms with Crippen molar-refractivity contribution in [2.24, 2.45) is 0 Å². The topological polar surface area (TPSA) is 52.9 Å². The van der Waals surface area contributed by atoms with E-state index in [-0.39, 0.29) is 10.8 Å². The Bertz CT molecular complexity index is 7630. The SMILES string of the molecule is CC1(C)c2ccccc2-c2cc3c4cc5c6ccccc6c6ccccc6c5cc4n(-c4ccc5c6ccccc6c6nc7ccccc7n6c5c4)c3cc21.CC1(C)c2ccccc2-c2cc3c4cc5c6ccccc6c6ccccc6c5cc4n(-c4ccc5ccc6cccnc6c5n4)c3cc21. The molecule has 0 radical (unpaired) electrons. The quantitative estimate of drug-likeness (QED) is 0.162. The molecular weight excluding hydrogens is 1250 g/mol. The molecule has 6 aromatic heterocycles. The molecule has 0 bridgehead atoms. The van der Waals surface area contributed by atoms with Crippen molar-refractivity contribution >= 4 is 168 Å². The fourth-order valence-electron chi connectivity index (χ4n) is 19.0. The Hall–Kier alpha value is -13.0. The van der Waals surface area contributed by atoms with E-state index in [4.69, 9.17) is 15.0 Å². The Morgan fingerprint density at radius 1 is 0.252 bits per heavy atom. The summed E-state index contributed by atoms with van der Waals surface area (Å²) in [7, 11) is 0. The molecule has 2 aliphatic rings. The molecule has 16 aromatic carbocycles. The van der Waals surface area contributed by atoms with Crippen LogP contribution in [0.1, 0.15) is 49.9 Å². The van der Waals surface area contributed by atoms with E-state index in [2.05, 4.69) is 332 Å². The van der Waals surface area contributed by atoms with Crippen LogP contribution in [-0.4, -0.2) is 28.5 Å². The van der Waals surface area contributed by atoms with Crippen LogP contribution in [0.3, 0.4) is 0 Å². The molecule has 0 unspecified atom stereocenters. The molecule has 2 aliphatic carbocycles. The van der Waals surface area contributed by atoms with E-state index in [0.29, 0.717) is 0 Å². The highest BCUT2D eigenvalue weighted by Gasteiger charge is 2.38. The first-order chi connectivity index (χ1) is 50.6. The molecule has 0 amide bonds. The van der Waals surface area contributed by atoms with E-state index < -0.39 is 0 Å². The smallest absolute Gasteiger partial charge is 0.146 e. The number of aromatic nitrogens is 6. The minimum Gasteiger partial charge on any atom is -0.309 e. The highest BCUT2D eigenvalue weighted by Crippen LogP contribution is 2.54. The summed E-state index contributed by atoms with van der Waals surface area (Å²) in [6.07, 6.45) is 1.86. The van der Waals surface area contributed by atoms with Gasteiger partial charge in [0, 0.05) is 65.8 Å². The van der Waals surface area contributed by atoms with Crippen LogP contribution in [0.25, 0.3) is 202 Å². The van der Waals surface area contributed by atoms with Gasteiger partial charge in [0.25, 0.3) is 0 Å². The summed E-state index contributed by atoms with van der Waals surface area (Å²) < 4.78 is 7.30. The van der Waals surface area contributed by atoms with Gasteiger partial charge in [-0.15, -0.1) is 0 Å². The maximum Gasteiger partial charge on any atom is 0.146 e. The molecule has 0 fully saturated rings. The van der Waals surface area contributed by atoms with E-state index >= 15 is 0 Å². The molecular formula is C97H62N6. The highest BCUT2D eigenvalue weighted by atomic mass is 15.1. The third-order valence-corrected chi connectivity index (χ3v) is 23.8. The number of hydrogen-bond donors (Lipinski definition) is 0. The largest absolute Gasteiger partial charge is 0.309 e. The predicted octanol–water partition coefficient (Wildman–Crippen LogP) is 25.3. The Labute approximate surface area is 591 Å². The Morgan fingerprint density at radius 3 is 1.24 bits per heavy atom. The van der Waals surface area contributed by atoms with Crippen molar-refractivity contribution < 1.29 is 0 Å². The Kier molecular flexibility index (Phi) is 11.2. The molecule has 0 N–H and O–H groups in total. The molecule has 0 atom stereocenters. The minimum atomic E-state index is -0.122. The fourth-order valence-corrected chi connectivity index (χ4v) is 19.0. The molecule has 103 heavy (non-hydrogen) atoms. The molecule has 24 rings (SSSR count). The van der Waals surface area contributed by atoms with Crippen LogP contribution in [0.2, 0.25) is 0 Å². The van der Waals surface area contributed by atoms with Gasteiger partial charge in [0.1, 0.15) is 11.5 Å². The minimum absolute atomic E-state index is 0.116. The first-order valence-electron chi connectivity index (χ1n) is 35.9. The summed E-state index contributed by atoms with van der Waals surface area (Å²) in [5.74, 6) is 0.901. The second-order valence-electron chi connectivity index (χ2n) is 29.7. The Balaban J connectivity index is 0.000000128. The van der Waals surface area contributed by atoms with Gasteiger partial charge in [-0.25, -0.2) is 9.97 Å². The van der Waals surface area contributed by atoms with Crippen molar-refractivity contribution in [3.05, 3.63) is 326 Å². The third kappa shape index (κ3) is 7.63. The summed E-state index contributed by atoms with van der Waals surface area (Å²) >= 11 is 0. The molecule has 6 nitrogen and oxygen atoms in total. The molecule has 6 heterocycles. The van der Waals surface area contributed by atoms with Gasteiger partial charge >= 0.3 is 0 Å². The van der Waals surface area contributed by atoms with Crippen molar-refractivity contribution in [2.75, 3.05) is 0 Å². The summed E-state index contributed by atoms with van der Waals surface area (Å²) in [5.41, 5.74) is 22.6. The third-order valence-electron chi connectivity index (χ3n) is 23.8. The van der Waals surface area contributed by atoms with Crippen LogP contribution < -0.4 is 0 Å². The van der Waals surface area contributed by atoms with Crippen LogP contribution in [0.15, 0.2) is 303 Å². The molecule has 22 aromatic rings. The zero-order valence-electron chi connectivity index (χ0n) is 57.1. The molecule has 0 spiro atoms. The van der Waals surface area contributed by atoms with Gasteiger partial charge < -0.3 is 4.57 Å². The second kappa shape index (κ2) is 20.3. The van der Waals surface area contributed by atoms with Crippen LogP contribution in [0.5, 0.6) is 0 Å². The summed E-state index contributed by atoms with van der Waals surface area (Å²) in [5, 5.41) is 26.2. The number of rotatable bonds is 2. The van der Waals surface area contributed by atoms with E-state index in [1.54, 1.807) is 0 Å². The van der Waals surface area contributed by atoms with Crippen molar-refractivity contribution in [3.8, 4) is 33.8 Å². The lowest BCUT2D eigenvalue weighted by Crippen LogP contribution is -2.15. The summed E-state index contributed by atoms with van der Waals surface area (Å²) in [4.78, 5) is 15.4. The number of fused-ring (bicyclic) bond motifs is 35. The van der Waals surface area contributed by atoms with Crippen LogP contribution in [0.4, 0.5) is 0 Å². The van der Waals surface area contributed by atoms with Gasteiger partial charge in [-0.2, -0.15) is 0 Å². The number of hydrogen-bond acceptors (Lipinski definition) is 3. The van der Waals surface area contributed by atoms with E-state index in [1.807, 2.05) is 12.3 Å². The first kappa shape index (κ1) is 56.8. The van der Waals surface area contributed by atoms with Gasteiger partial charge in [0.15, 0.2) is 0 Å². The van der Waals surface area contributed by atoms with Crippen LogP contribution in [0, 0.1) is 0 Å². The number of imidazole rings is 1. The molecule has 0 aliphatic heterocycles. The fraction of sp³-hybridized carbons (Fsp3) is 0.0619. The molecule has 6 heteroatoms. The number of benzene rings is 16. The van der Waals surface area contributed by atoms with E-state index in [1.165, 1.54) is 163 Å². The standard InChI is InChI=1S/C52H33N3.C45H29N3/c1-52(2)44-20-10-9-18-36(44)41-27-43-42-26-39-33-15-5-3-13-31(33)32-14-4-6-16-34(32)40(39)28-49(42)54(50(43)29-45(41)52)30-23-24-37-35-17-7-8-19-38(35)51-53-46-21-11-12-22-47(46)55(51)48(37)25-30;1-45(2)38-16-8-7-15-32(38)35-23-37-36-22-33-30-13-5-3-11-28(30)29-12-4-6-14-31(29)34(33)24-40(36)48(41(37)25-39(35)45)42-20-19-27-18-17-26-10-9-21-46-43(26)44(27)47-42/h3-29H,1-2H3;3-25H,1-2H3. The van der Waals surface area contributed by atoms with Crippen molar-refractivity contribution in [1.82, 2.24) is 28.5 Å². The average molecular weight is 1310 g/mol. The lowest BCUT2D eigenvalue weighted by Gasteiger charge is -2.21. The lowest BCUT2D eigenvalue weighted by atomic mass is 9.82. The van der Waals surface area contributed by atoms with E-state index in [9.17, 15) is 0 Å². The monoisotopic (exact) mass is 1310 g/mol. The molecule has 0 saturated heterocycles. The predicted molar refractivity (Wildman–Crippen MR) is 434 cm³/mol. The first-order valence-corrected chi connectivity index (χ1v) is 35.9. The number of para-hydroxylation sites is 2. The molecule has 480 valence electrons. The van der Waals surface area contributed by atoms with Crippen molar-refractivity contribution in [2.45, 2.75) is 38.5 Å². The highest BCUT2D eigenvalue weighted by molar-refractivity contribution is 6.31. The molecule has 0 saturated carbocycles. The van der Waals surface area contributed by atoms with Crippen molar-refractivity contribution in [1.29, 1.82) is 0 Å². The zero-order valence-corrected chi connectivity index (χ0v) is 57.1. The number of pyridine rings is 3. The maximum atomic E-state index is 5.41. The van der Waals surface area contributed by atoms with E-state index in [0.717, 1.165) is 61.0 Å². The Morgan fingerprint density at radius 2 is 0.680 bits per heavy atom. The normalized spacial score (nSPS) is 13.8. The lowest BCUT2D eigenvalue weighted by molar-refractivity contribution is 0.661. The van der Waals surface area contributed by atoms with Gasteiger partial charge in [-0.3, -0.25) is 14.0 Å². The summed E-state index contributed by atoms with van der Waals surface area (Å²) in [6.45, 7) is 9.47. The van der Waals surface area contributed by atoms with Gasteiger partial charge in [-0.05, 0) is 206 Å². The van der Waals surface area contributed by atoms with Crippen LogP contribution in [-0.2, 0) is 10.8 Å². The van der Waals surface area contributed by atoms with Gasteiger partial charge in [0.05, 0.1) is 49.7 Å². The zero-order chi connectivity index (χ0) is 67.9. The van der Waals surface area contributed by atoms with Gasteiger partial charge in [-0.1, -0.05) is 234 Å².